The van der Waals surface area contributed by atoms with E-state index < -0.39 is 0 Å². The summed E-state index contributed by atoms with van der Waals surface area (Å²) in [6, 6.07) is 10.0. The van der Waals surface area contributed by atoms with Gasteiger partial charge in [0.15, 0.2) is 0 Å². The first-order chi connectivity index (χ1) is 9.63. The third kappa shape index (κ3) is 3.39. The number of benzene rings is 1. The smallest absolute Gasteiger partial charge is 0.129 e. The molecule has 0 bridgehead atoms. The average Bonchev–Trinajstić information content (AvgIpc) is 2.47. The molecule has 0 unspecified atom stereocenters. The van der Waals surface area contributed by atoms with Gasteiger partial charge in [-0.2, -0.15) is 0 Å². The predicted molar refractivity (Wildman–Crippen MR) is 89.6 cm³/mol. The molecule has 1 aliphatic rings. The van der Waals surface area contributed by atoms with E-state index in [0.29, 0.717) is 6.04 Å². The van der Waals surface area contributed by atoms with Gasteiger partial charge in [-0.3, -0.25) is 4.90 Å². The lowest BCUT2D eigenvalue weighted by molar-refractivity contribution is 0.209. The average molecular weight is 308 g/mol. The zero-order chi connectivity index (χ0) is 14.1. The van der Waals surface area contributed by atoms with Gasteiger partial charge in [0.2, 0.25) is 0 Å². The molecule has 0 radical (unpaired) electrons. The number of piperazine rings is 1. The van der Waals surface area contributed by atoms with Gasteiger partial charge in [-0.05, 0) is 44.2 Å². The van der Waals surface area contributed by atoms with Crippen molar-refractivity contribution in [3.8, 4) is 5.75 Å². The Morgan fingerprint density at radius 2 is 1.76 bits per heavy atom. The van der Waals surface area contributed by atoms with E-state index in [2.05, 4.69) is 23.6 Å². The Kier molecular flexibility index (Phi) is 4.91. The van der Waals surface area contributed by atoms with Crippen LogP contribution in [0.25, 0.3) is 10.9 Å². The third-order valence-electron chi connectivity index (χ3n) is 4.03. The molecule has 2 aromatic rings. The Balaban J connectivity index is 0.00000161. The van der Waals surface area contributed by atoms with Crippen molar-refractivity contribution in [2.24, 2.45) is 0 Å². The van der Waals surface area contributed by atoms with Crippen molar-refractivity contribution in [1.82, 2.24) is 9.88 Å². The van der Waals surface area contributed by atoms with Crippen molar-refractivity contribution < 1.29 is 5.11 Å². The highest BCUT2D eigenvalue weighted by molar-refractivity contribution is 5.85. The largest absolute Gasteiger partial charge is 0.508 e. The summed E-state index contributed by atoms with van der Waals surface area (Å²) in [4.78, 5) is 9.54. The number of aromatic hydroxyl groups is 1. The minimum atomic E-state index is 0. The first-order valence-corrected chi connectivity index (χ1v) is 7.22. The van der Waals surface area contributed by atoms with Gasteiger partial charge >= 0.3 is 0 Å². The van der Waals surface area contributed by atoms with Crippen LogP contribution >= 0.6 is 12.4 Å². The van der Waals surface area contributed by atoms with E-state index in [1.165, 1.54) is 0 Å². The Labute approximate surface area is 131 Å². The van der Waals surface area contributed by atoms with Crippen LogP contribution < -0.4 is 4.90 Å². The lowest BCUT2D eigenvalue weighted by Crippen LogP contribution is -2.49. The fourth-order valence-electron chi connectivity index (χ4n) is 2.75. The molecule has 1 N–H and O–H groups in total. The summed E-state index contributed by atoms with van der Waals surface area (Å²) in [6.45, 7) is 8.72. The summed E-state index contributed by atoms with van der Waals surface area (Å²) in [5.74, 6) is 1.32. The second kappa shape index (κ2) is 6.50. The van der Waals surface area contributed by atoms with Crippen molar-refractivity contribution >= 4 is 29.1 Å². The Morgan fingerprint density at radius 3 is 2.43 bits per heavy atom. The molecule has 0 spiro atoms. The Hall–Kier alpha value is -1.52. The zero-order valence-corrected chi connectivity index (χ0v) is 13.3. The molecule has 5 heteroatoms. The van der Waals surface area contributed by atoms with Crippen molar-refractivity contribution in [2.75, 3.05) is 31.1 Å². The Morgan fingerprint density at radius 1 is 1.05 bits per heavy atom. The van der Waals surface area contributed by atoms with E-state index in [9.17, 15) is 5.11 Å². The van der Waals surface area contributed by atoms with E-state index in [-0.39, 0.29) is 18.2 Å². The molecule has 4 nitrogen and oxygen atoms in total. The summed E-state index contributed by atoms with van der Waals surface area (Å²) in [5.41, 5.74) is 0.937. The van der Waals surface area contributed by atoms with Gasteiger partial charge in [0.1, 0.15) is 11.6 Å². The number of fused-ring (bicyclic) bond motifs is 1. The SMILES string of the molecule is CC(C)N1CCN(c2ccc3cc(O)ccc3n2)CC1.Cl. The van der Waals surface area contributed by atoms with Crippen LogP contribution in [0.5, 0.6) is 5.75 Å². The lowest BCUT2D eigenvalue weighted by Gasteiger charge is -2.37. The number of pyridine rings is 1. The number of hydrogen-bond donors (Lipinski definition) is 1. The van der Waals surface area contributed by atoms with Crippen molar-refractivity contribution in [3.63, 3.8) is 0 Å². The summed E-state index contributed by atoms with van der Waals surface area (Å²) in [7, 11) is 0. The summed E-state index contributed by atoms with van der Waals surface area (Å²) >= 11 is 0. The number of rotatable bonds is 2. The normalized spacial score (nSPS) is 16.2. The van der Waals surface area contributed by atoms with E-state index >= 15 is 0 Å². The van der Waals surface area contributed by atoms with Crippen LogP contribution in [-0.2, 0) is 0 Å². The van der Waals surface area contributed by atoms with Crippen LogP contribution in [0.3, 0.4) is 0 Å². The minimum Gasteiger partial charge on any atom is -0.508 e. The molecule has 0 amide bonds. The van der Waals surface area contributed by atoms with Gasteiger partial charge < -0.3 is 10.0 Å². The molecule has 1 saturated heterocycles. The lowest BCUT2D eigenvalue weighted by atomic mass is 10.2. The number of nitrogens with zero attached hydrogens (tertiary/aromatic N) is 3. The quantitative estimate of drug-likeness (QED) is 0.926. The van der Waals surface area contributed by atoms with Gasteiger partial charge in [0, 0.05) is 37.6 Å². The zero-order valence-electron chi connectivity index (χ0n) is 12.5. The molecule has 1 aromatic carbocycles. The maximum absolute atomic E-state index is 9.49. The second-order valence-corrected chi connectivity index (χ2v) is 5.66. The number of halogens is 1. The van der Waals surface area contributed by atoms with Crippen molar-refractivity contribution in [3.05, 3.63) is 30.3 Å². The summed E-state index contributed by atoms with van der Waals surface area (Å²) < 4.78 is 0. The first-order valence-electron chi connectivity index (χ1n) is 7.22. The van der Waals surface area contributed by atoms with Crippen LogP contribution in [0.1, 0.15) is 13.8 Å². The van der Waals surface area contributed by atoms with Crippen LogP contribution in [0.15, 0.2) is 30.3 Å². The van der Waals surface area contributed by atoms with Crippen LogP contribution in [0.4, 0.5) is 5.82 Å². The van der Waals surface area contributed by atoms with Crippen molar-refractivity contribution in [2.45, 2.75) is 19.9 Å². The molecule has 2 heterocycles. The van der Waals surface area contributed by atoms with Gasteiger partial charge in [-0.1, -0.05) is 0 Å². The molecule has 0 saturated carbocycles. The summed E-state index contributed by atoms with van der Waals surface area (Å²) in [5, 5.41) is 10.5. The van der Waals surface area contributed by atoms with Gasteiger partial charge in [-0.25, -0.2) is 4.98 Å². The third-order valence-corrected chi connectivity index (χ3v) is 4.03. The number of anilines is 1. The van der Waals surface area contributed by atoms with Gasteiger partial charge in [0.25, 0.3) is 0 Å². The highest BCUT2D eigenvalue weighted by atomic mass is 35.5. The molecule has 1 fully saturated rings. The molecule has 1 aromatic heterocycles. The minimum absolute atomic E-state index is 0. The molecule has 0 atom stereocenters. The Bertz CT molecular complexity index is 609. The van der Waals surface area contributed by atoms with E-state index in [1.807, 2.05) is 18.2 Å². The van der Waals surface area contributed by atoms with Crippen molar-refractivity contribution in [1.29, 1.82) is 0 Å². The molecule has 21 heavy (non-hydrogen) atoms. The highest BCUT2D eigenvalue weighted by Crippen LogP contribution is 2.22. The molecule has 0 aliphatic carbocycles. The second-order valence-electron chi connectivity index (χ2n) is 5.66. The number of phenols is 1. The standard InChI is InChI=1S/C16H21N3O.ClH/c1-12(2)18-7-9-19(10-8-18)16-6-3-13-11-14(20)4-5-15(13)17-16;/h3-6,11-12,20H,7-10H2,1-2H3;1H. The molecule has 1 aliphatic heterocycles. The van der Waals surface area contributed by atoms with Gasteiger partial charge in [0.05, 0.1) is 5.52 Å². The topological polar surface area (TPSA) is 39.6 Å². The highest BCUT2D eigenvalue weighted by Gasteiger charge is 2.19. The molecule has 114 valence electrons. The maximum Gasteiger partial charge on any atom is 0.129 e. The molecule has 3 rings (SSSR count). The number of phenolic OH excluding ortho intramolecular Hbond substituents is 1. The summed E-state index contributed by atoms with van der Waals surface area (Å²) in [6.07, 6.45) is 0. The fraction of sp³-hybridized carbons (Fsp3) is 0.438. The number of aromatic nitrogens is 1. The molecular formula is C16H22ClN3O. The monoisotopic (exact) mass is 307 g/mol. The molecular weight excluding hydrogens is 286 g/mol. The van der Waals surface area contributed by atoms with E-state index in [4.69, 9.17) is 4.98 Å². The number of hydrogen-bond acceptors (Lipinski definition) is 4. The van der Waals surface area contributed by atoms with Crippen LogP contribution in [0, 0.1) is 0 Å². The predicted octanol–water partition coefficient (Wildman–Crippen LogP) is 2.89. The van der Waals surface area contributed by atoms with Crippen LogP contribution in [-0.4, -0.2) is 47.2 Å². The van der Waals surface area contributed by atoms with Gasteiger partial charge in [-0.15, -0.1) is 12.4 Å². The maximum atomic E-state index is 9.49. The van der Waals surface area contributed by atoms with Crippen LogP contribution in [0.2, 0.25) is 0 Å². The van der Waals surface area contributed by atoms with E-state index in [0.717, 1.165) is 42.9 Å². The fourth-order valence-corrected chi connectivity index (χ4v) is 2.75. The first kappa shape index (κ1) is 15.9. The van der Waals surface area contributed by atoms with E-state index in [1.54, 1.807) is 12.1 Å².